The third-order valence-electron chi connectivity index (χ3n) is 5.15. The van der Waals surface area contributed by atoms with E-state index in [0.29, 0.717) is 16.1 Å². The summed E-state index contributed by atoms with van der Waals surface area (Å²) >= 11 is 3.10. The minimum atomic E-state index is -0.143. The van der Waals surface area contributed by atoms with Gasteiger partial charge in [0.05, 0.1) is 5.37 Å². The monoisotopic (exact) mass is 448 g/mol. The molecule has 0 radical (unpaired) electrons. The van der Waals surface area contributed by atoms with Gasteiger partial charge in [-0.25, -0.2) is 0 Å². The van der Waals surface area contributed by atoms with Gasteiger partial charge in [-0.05, 0) is 54.1 Å². The lowest BCUT2D eigenvalue weighted by Crippen LogP contribution is -2.30. The maximum Gasteiger partial charge on any atom is 0.257 e. The topological polar surface area (TPSA) is 58.1 Å². The van der Waals surface area contributed by atoms with E-state index in [1.165, 1.54) is 11.3 Å². The van der Waals surface area contributed by atoms with Gasteiger partial charge in [0.25, 0.3) is 5.91 Å². The molecule has 1 amide bonds. The van der Waals surface area contributed by atoms with Gasteiger partial charge >= 0.3 is 0 Å². The third-order valence-corrected chi connectivity index (χ3v) is 7.25. The first kappa shape index (κ1) is 24.8. The molecule has 0 bridgehead atoms. The van der Waals surface area contributed by atoms with E-state index in [-0.39, 0.29) is 16.7 Å². The van der Waals surface area contributed by atoms with Crippen molar-refractivity contribution < 1.29 is 4.79 Å². The maximum atomic E-state index is 13.0. The number of aromatic nitrogens is 2. The minimum Gasteiger partial charge on any atom is -0.296 e. The predicted octanol–water partition coefficient (Wildman–Crippen LogP) is 6.17. The largest absolute Gasteiger partial charge is 0.296 e. The smallest absolute Gasteiger partial charge is 0.257 e. The Bertz CT molecular complexity index is 829. The van der Waals surface area contributed by atoms with Crippen LogP contribution in [0.15, 0.2) is 22.5 Å². The molecule has 7 heteroatoms. The van der Waals surface area contributed by atoms with E-state index >= 15 is 0 Å². The summed E-state index contributed by atoms with van der Waals surface area (Å²) in [5.74, 6) is -0.143. The number of carbonyl (C=O) groups is 1. The quantitative estimate of drug-likeness (QED) is 0.312. The summed E-state index contributed by atoms with van der Waals surface area (Å²) in [4.78, 5) is 15.4. The maximum absolute atomic E-state index is 13.0. The second kappa shape index (κ2) is 9.79. The number of rotatable bonds is 7. The number of thioether (sulfide) groups is 1. The molecule has 0 aliphatic carbocycles. The molecule has 2 aromatic rings. The predicted molar refractivity (Wildman–Crippen MR) is 130 cm³/mol. The van der Waals surface area contributed by atoms with Crippen molar-refractivity contribution >= 4 is 34.1 Å². The molecule has 0 fully saturated rings. The van der Waals surface area contributed by atoms with Crippen molar-refractivity contribution in [2.45, 2.75) is 82.9 Å². The van der Waals surface area contributed by atoms with Crippen molar-refractivity contribution in [3.63, 3.8) is 0 Å². The van der Waals surface area contributed by atoms with Crippen molar-refractivity contribution in [3.8, 4) is 0 Å². The van der Waals surface area contributed by atoms with Gasteiger partial charge in [0.2, 0.25) is 5.13 Å². The number of benzene rings is 1. The lowest BCUT2D eigenvalue weighted by molar-refractivity contribution is 0.102. The van der Waals surface area contributed by atoms with Gasteiger partial charge < -0.3 is 0 Å². The fourth-order valence-corrected chi connectivity index (χ4v) is 5.21. The zero-order valence-electron chi connectivity index (χ0n) is 19.8. The molecule has 1 aromatic carbocycles. The summed E-state index contributed by atoms with van der Waals surface area (Å²) in [7, 11) is 0. The SMILES string of the molecule is CCN(CC)C(C)Sc1nnc(NC(=O)c2cc(C(C)(C)C)cc(C(C)(C)C)c2)s1. The summed E-state index contributed by atoms with van der Waals surface area (Å²) in [6.45, 7) is 21.5. The Hall–Kier alpha value is -1.44. The van der Waals surface area contributed by atoms with E-state index in [0.717, 1.165) is 28.6 Å². The van der Waals surface area contributed by atoms with E-state index in [2.05, 4.69) is 88.8 Å². The van der Waals surface area contributed by atoms with Crippen LogP contribution in [0.5, 0.6) is 0 Å². The van der Waals surface area contributed by atoms with E-state index < -0.39 is 0 Å². The Labute approximate surface area is 190 Å². The Morgan fingerprint density at radius 2 is 1.57 bits per heavy atom. The molecule has 1 atom stereocenters. The highest BCUT2D eigenvalue weighted by Gasteiger charge is 2.23. The normalized spacial score (nSPS) is 13.5. The molecule has 1 unspecified atom stereocenters. The molecule has 1 heterocycles. The van der Waals surface area contributed by atoms with Crippen LogP contribution in [-0.2, 0) is 10.8 Å². The molecule has 166 valence electrons. The van der Waals surface area contributed by atoms with E-state index in [9.17, 15) is 4.79 Å². The molecule has 1 N–H and O–H groups in total. The van der Waals surface area contributed by atoms with E-state index in [4.69, 9.17) is 0 Å². The number of amides is 1. The van der Waals surface area contributed by atoms with E-state index in [1.807, 2.05) is 12.1 Å². The van der Waals surface area contributed by atoms with Crippen LogP contribution in [0, 0.1) is 0 Å². The fourth-order valence-electron chi connectivity index (χ4n) is 3.06. The van der Waals surface area contributed by atoms with Crippen LogP contribution in [0.25, 0.3) is 0 Å². The second-order valence-electron chi connectivity index (χ2n) is 9.56. The molecule has 0 spiro atoms. The molecule has 5 nitrogen and oxygen atoms in total. The van der Waals surface area contributed by atoms with Crippen LogP contribution in [-0.4, -0.2) is 39.5 Å². The van der Waals surface area contributed by atoms with E-state index in [1.54, 1.807) is 11.8 Å². The highest BCUT2D eigenvalue weighted by molar-refractivity contribution is 8.01. The number of hydrogen-bond acceptors (Lipinski definition) is 6. The standard InChI is InChI=1S/C23H36N4OS2/c1-10-27(11-2)15(3)29-21-26-25-20(30-21)24-19(28)16-12-17(22(4,5)6)14-18(13-16)23(7,8)9/h12-15H,10-11H2,1-9H3,(H,24,25,28). The summed E-state index contributed by atoms with van der Waals surface area (Å²) in [6.07, 6.45) is 0. The van der Waals surface area contributed by atoms with Crippen molar-refractivity contribution in [3.05, 3.63) is 34.9 Å². The van der Waals surface area contributed by atoms with Gasteiger partial charge in [-0.3, -0.25) is 15.0 Å². The van der Waals surface area contributed by atoms with Gasteiger partial charge in [-0.1, -0.05) is 84.6 Å². The number of hydrogen-bond donors (Lipinski definition) is 1. The Morgan fingerprint density at radius 3 is 2.03 bits per heavy atom. The lowest BCUT2D eigenvalue weighted by atomic mass is 9.79. The van der Waals surface area contributed by atoms with Crippen LogP contribution in [0.4, 0.5) is 5.13 Å². The molecule has 0 aliphatic rings. The van der Waals surface area contributed by atoms with Crippen LogP contribution in [0.1, 0.15) is 83.8 Å². The number of carbonyl (C=O) groups excluding carboxylic acids is 1. The number of anilines is 1. The number of nitrogens with zero attached hydrogens (tertiary/aromatic N) is 3. The average molecular weight is 449 g/mol. The summed E-state index contributed by atoms with van der Waals surface area (Å²) in [5, 5.41) is 12.2. The summed E-state index contributed by atoms with van der Waals surface area (Å²) < 4.78 is 0.864. The summed E-state index contributed by atoms with van der Waals surface area (Å²) in [5.41, 5.74) is 2.89. The zero-order valence-corrected chi connectivity index (χ0v) is 21.4. The van der Waals surface area contributed by atoms with Gasteiger partial charge in [0, 0.05) is 5.56 Å². The molecule has 1 aromatic heterocycles. The fraction of sp³-hybridized carbons (Fsp3) is 0.609. The Kier molecular flexibility index (Phi) is 8.10. The Morgan fingerprint density at radius 1 is 1.03 bits per heavy atom. The molecule has 2 rings (SSSR count). The van der Waals surface area contributed by atoms with Crippen LogP contribution < -0.4 is 5.32 Å². The first-order valence-electron chi connectivity index (χ1n) is 10.6. The highest BCUT2D eigenvalue weighted by atomic mass is 32.2. The van der Waals surface area contributed by atoms with Crippen molar-refractivity contribution in [1.82, 2.24) is 15.1 Å². The molecule has 30 heavy (non-hydrogen) atoms. The van der Waals surface area contributed by atoms with Crippen molar-refractivity contribution in [2.75, 3.05) is 18.4 Å². The summed E-state index contributed by atoms with van der Waals surface area (Å²) in [6, 6.07) is 6.19. The highest BCUT2D eigenvalue weighted by Crippen LogP contribution is 2.32. The average Bonchev–Trinajstić information content (AvgIpc) is 3.07. The van der Waals surface area contributed by atoms with Gasteiger partial charge in [-0.15, -0.1) is 10.2 Å². The Balaban J connectivity index is 2.21. The molecule has 0 saturated heterocycles. The van der Waals surface area contributed by atoms with Crippen molar-refractivity contribution in [2.24, 2.45) is 0 Å². The van der Waals surface area contributed by atoms with Gasteiger partial charge in [0.1, 0.15) is 0 Å². The lowest BCUT2D eigenvalue weighted by Gasteiger charge is -2.26. The zero-order chi connectivity index (χ0) is 22.7. The van der Waals surface area contributed by atoms with Crippen molar-refractivity contribution in [1.29, 1.82) is 0 Å². The molecule has 0 aliphatic heterocycles. The van der Waals surface area contributed by atoms with Crippen LogP contribution in [0.2, 0.25) is 0 Å². The second-order valence-corrected chi connectivity index (χ2v) is 12.1. The third kappa shape index (κ3) is 6.53. The van der Waals surface area contributed by atoms with Crippen LogP contribution in [0.3, 0.4) is 0 Å². The molecule has 0 saturated carbocycles. The van der Waals surface area contributed by atoms with Gasteiger partial charge in [0.15, 0.2) is 4.34 Å². The van der Waals surface area contributed by atoms with Gasteiger partial charge in [-0.2, -0.15) is 0 Å². The molecular weight excluding hydrogens is 412 g/mol. The first-order chi connectivity index (χ1) is 13.8. The molecular formula is C23H36N4OS2. The minimum absolute atomic E-state index is 0.0383. The number of nitrogens with one attached hydrogen (secondary N) is 1. The van der Waals surface area contributed by atoms with Crippen LogP contribution >= 0.6 is 23.1 Å². The first-order valence-corrected chi connectivity index (χ1v) is 12.3.